The number of fused-ring (bicyclic) bond motifs is 1. The van der Waals surface area contributed by atoms with Gasteiger partial charge in [0.2, 0.25) is 11.8 Å². The molecule has 9 heteroatoms. The number of Topliss-reactive ketones (excluding diaryl/α,β-unsaturated/α-hetero) is 1. The molecule has 4 rings (SSSR count). The third kappa shape index (κ3) is 9.38. The van der Waals surface area contributed by atoms with E-state index in [1.807, 2.05) is 17.8 Å². The summed E-state index contributed by atoms with van der Waals surface area (Å²) < 4.78 is 1.11. The van der Waals surface area contributed by atoms with E-state index in [0.29, 0.717) is 37.3 Å². The first-order valence-corrected chi connectivity index (χ1v) is 17.2. The molecule has 2 heterocycles. The molecule has 2 fully saturated rings. The largest absolute Gasteiger partial charge is 0.359 e. The number of thioether (sulfide) groups is 1. The summed E-state index contributed by atoms with van der Waals surface area (Å²) in [5.41, 5.74) is 2.86. The average Bonchev–Trinajstić information content (AvgIpc) is 3.40. The van der Waals surface area contributed by atoms with Crippen LogP contribution in [-0.4, -0.2) is 71.7 Å². The number of nitrogens with zero attached hydrogens (tertiary/aromatic N) is 2. The number of hydrogen-bond acceptors (Lipinski definition) is 7. The van der Waals surface area contributed by atoms with E-state index >= 15 is 0 Å². The van der Waals surface area contributed by atoms with Gasteiger partial charge in [-0.2, -0.15) is 11.8 Å². The highest BCUT2D eigenvalue weighted by Crippen LogP contribution is 2.30. The molecule has 41 heavy (non-hydrogen) atoms. The molecule has 0 spiro atoms. The van der Waals surface area contributed by atoms with Crippen molar-refractivity contribution in [1.29, 1.82) is 0 Å². The monoisotopic (exact) mass is 598 g/mol. The van der Waals surface area contributed by atoms with E-state index < -0.39 is 5.92 Å². The SMILES string of the molecule is C=C(CN1CCSCC1)C(=O)CC[C@@H](NC(=O)[C@@H](CC(=O)NC)Cc1nc2ccc(CC)cc2s1)C1CCCCC1. The van der Waals surface area contributed by atoms with Crippen molar-refractivity contribution in [2.75, 3.05) is 38.2 Å². The van der Waals surface area contributed by atoms with Crippen LogP contribution in [0.25, 0.3) is 10.2 Å². The number of nitrogens with one attached hydrogen (secondary N) is 2. The molecule has 2 N–H and O–H groups in total. The first-order chi connectivity index (χ1) is 19.9. The van der Waals surface area contributed by atoms with Gasteiger partial charge in [0.1, 0.15) is 0 Å². The quantitative estimate of drug-likeness (QED) is 0.292. The molecule has 0 unspecified atom stereocenters. The molecule has 2 amide bonds. The third-order valence-electron chi connectivity index (χ3n) is 8.55. The summed E-state index contributed by atoms with van der Waals surface area (Å²) in [6.45, 7) is 8.87. The van der Waals surface area contributed by atoms with Gasteiger partial charge in [0.05, 0.1) is 21.1 Å². The number of thiazole rings is 1. The number of carbonyl (C=O) groups excluding carboxylic acids is 3. The zero-order valence-corrected chi connectivity index (χ0v) is 26.3. The second kappa shape index (κ2) is 15.8. The van der Waals surface area contributed by atoms with Crippen molar-refractivity contribution in [2.24, 2.45) is 11.8 Å². The van der Waals surface area contributed by atoms with E-state index in [1.165, 1.54) is 12.0 Å². The van der Waals surface area contributed by atoms with Gasteiger partial charge in [0.25, 0.3) is 0 Å². The van der Waals surface area contributed by atoms with Gasteiger partial charge in [0, 0.05) is 69.1 Å². The number of carbonyl (C=O) groups is 3. The Kier molecular flexibility index (Phi) is 12.3. The van der Waals surface area contributed by atoms with Crippen molar-refractivity contribution in [1.82, 2.24) is 20.5 Å². The van der Waals surface area contributed by atoms with E-state index in [4.69, 9.17) is 4.98 Å². The van der Waals surface area contributed by atoms with Gasteiger partial charge < -0.3 is 10.6 Å². The van der Waals surface area contributed by atoms with E-state index in [2.05, 4.69) is 41.2 Å². The Morgan fingerprint density at radius 1 is 1.15 bits per heavy atom. The number of hydrogen-bond donors (Lipinski definition) is 2. The number of benzene rings is 1. The number of aromatic nitrogens is 1. The molecule has 2 atom stereocenters. The van der Waals surface area contributed by atoms with Crippen molar-refractivity contribution < 1.29 is 14.4 Å². The number of amides is 2. The Bertz CT molecular complexity index is 1200. The zero-order valence-electron chi connectivity index (χ0n) is 24.7. The van der Waals surface area contributed by atoms with Gasteiger partial charge in [-0.3, -0.25) is 19.3 Å². The molecule has 0 radical (unpaired) electrons. The van der Waals surface area contributed by atoms with Crippen molar-refractivity contribution >= 4 is 50.9 Å². The molecule has 7 nitrogen and oxygen atoms in total. The van der Waals surface area contributed by atoms with Crippen LogP contribution in [-0.2, 0) is 27.2 Å². The Labute approximate surface area is 253 Å². The van der Waals surface area contributed by atoms with E-state index in [9.17, 15) is 14.4 Å². The zero-order chi connectivity index (χ0) is 29.2. The van der Waals surface area contributed by atoms with Crippen LogP contribution in [0, 0.1) is 11.8 Å². The van der Waals surface area contributed by atoms with E-state index in [1.54, 1.807) is 18.4 Å². The minimum Gasteiger partial charge on any atom is -0.359 e. The minimum atomic E-state index is -0.519. The topological polar surface area (TPSA) is 91.4 Å². The summed E-state index contributed by atoms with van der Waals surface area (Å²) in [5, 5.41) is 6.88. The van der Waals surface area contributed by atoms with Gasteiger partial charge in [-0.05, 0) is 49.3 Å². The summed E-state index contributed by atoms with van der Waals surface area (Å²) in [4.78, 5) is 46.4. The molecule has 1 aromatic carbocycles. The lowest BCUT2D eigenvalue weighted by Crippen LogP contribution is -2.45. The standard InChI is InChI=1S/C32H46N4O3S2/c1-4-23-10-11-27-29(18-23)41-31(34-27)20-25(19-30(38)33-3)32(39)35-26(24-8-6-5-7-9-24)12-13-28(37)22(2)21-36-14-16-40-17-15-36/h10-11,18,24-26H,2,4-9,12-17,19-21H2,1,3H3,(H,33,38)(H,35,39)/t25-,26+/m0/s1. The van der Waals surface area contributed by atoms with Crippen molar-refractivity contribution in [3.8, 4) is 0 Å². The maximum atomic E-state index is 13.8. The van der Waals surface area contributed by atoms with Crippen molar-refractivity contribution in [3.05, 3.63) is 40.9 Å². The molecule has 1 aromatic heterocycles. The minimum absolute atomic E-state index is 0.0828. The number of aryl methyl sites for hydroxylation is 1. The average molecular weight is 599 g/mol. The lowest BCUT2D eigenvalue weighted by molar-refractivity contribution is -0.131. The van der Waals surface area contributed by atoms with Crippen LogP contribution in [0.3, 0.4) is 0 Å². The lowest BCUT2D eigenvalue weighted by Gasteiger charge is -2.32. The van der Waals surface area contributed by atoms with E-state index in [0.717, 1.165) is 71.9 Å². The van der Waals surface area contributed by atoms with Crippen LogP contribution in [0.1, 0.15) is 68.9 Å². The Balaban J connectivity index is 1.43. The maximum Gasteiger partial charge on any atom is 0.224 e. The molecule has 1 aliphatic heterocycles. The number of ketones is 1. The first-order valence-electron chi connectivity index (χ1n) is 15.3. The molecule has 1 aliphatic carbocycles. The van der Waals surface area contributed by atoms with Crippen LogP contribution in [0.4, 0.5) is 0 Å². The first kappa shape index (κ1) is 31.7. The second-order valence-corrected chi connectivity index (χ2v) is 13.8. The van der Waals surface area contributed by atoms with Crippen molar-refractivity contribution in [2.45, 2.75) is 77.2 Å². The predicted molar refractivity (Wildman–Crippen MR) is 171 cm³/mol. The van der Waals surface area contributed by atoms with Gasteiger partial charge >= 0.3 is 0 Å². The fourth-order valence-electron chi connectivity index (χ4n) is 5.96. The molecular weight excluding hydrogens is 553 g/mol. The second-order valence-electron chi connectivity index (χ2n) is 11.5. The van der Waals surface area contributed by atoms with Crippen LogP contribution >= 0.6 is 23.1 Å². The van der Waals surface area contributed by atoms with Crippen molar-refractivity contribution in [3.63, 3.8) is 0 Å². The van der Waals surface area contributed by atoms with Gasteiger partial charge in [-0.25, -0.2) is 4.98 Å². The fourth-order valence-corrected chi connectivity index (χ4v) is 8.05. The maximum absolute atomic E-state index is 13.8. The highest BCUT2D eigenvalue weighted by Gasteiger charge is 2.30. The van der Waals surface area contributed by atoms with Crippen LogP contribution in [0.2, 0.25) is 0 Å². The molecule has 1 saturated carbocycles. The summed E-state index contributed by atoms with van der Waals surface area (Å²) >= 11 is 3.56. The molecule has 2 aliphatic rings. The highest BCUT2D eigenvalue weighted by atomic mass is 32.2. The van der Waals surface area contributed by atoms with Gasteiger partial charge in [-0.1, -0.05) is 38.8 Å². The normalized spacial score (nSPS) is 18.1. The Morgan fingerprint density at radius 3 is 2.61 bits per heavy atom. The number of rotatable bonds is 14. The molecule has 0 bridgehead atoms. The van der Waals surface area contributed by atoms with Gasteiger partial charge in [0.15, 0.2) is 5.78 Å². The Morgan fingerprint density at radius 2 is 1.90 bits per heavy atom. The summed E-state index contributed by atoms with van der Waals surface area (Å²) in [7, 11) is 1.60. The van der Waals surface area contributed by atoms with Crippen LogP contribution in [0.15, 0.2) is 30.4 Å². The summed E-state index contributed by atoms with van der Waals surface area (Å²) in [6, 6.07) is 6.21. The third-order valence-corrected chi connectivity index (χ3v) is 10.5. The lowest BCUT2D eigenvalue weighted by atomic mass is 9.81. The Hall–Kier alpha value is -2.23. The highest BCUT2D eigenvalue weighted by molar-refractivity contribution is 7.99. The summed E-state index contributed by atoms with van der Waals surface area (Å²) in [5.74, 6) is 1.86. The van der Waals surface area contributed by atoms with Gasteiger partial charge in [-0.15, -0.1) is 11.3 Å². The molecular formula is C32H46N4O3S2. The molecule has 1 saturated heterocycles. The summed E-state index contributed by atoms with van der Waals surface area (Å²) in [6.07, 6.45) is 8.12. The molecule has 224 valence electrons. The van der Waals surface area contributed by atoms with Crippen LogP contribution in [0.5, 0.6) is 0 Å². The predicted octanol–water partition coefficient (Wildman–Crippen LogP) is 5.17. The molecule has 2 aromatic rings. The van der Waals surface area contributed by atoms with Crippen LogP contribution < -0.4 is 10.6 Å². The fraction of sp³-hybridized carbons (Fsp3) is 0.625. The smallest absolute Gasteiger partial charge is 0.224 e. The van der Waals surface area contributed by atoms with E-state index in [-0.39, 0.29) is 30.1 Å².